The number of amides is 1. The molecule has 0 saturated carbocycles. The van der Waals surface area contributed by atoms with E-state index in [-0.39, 0.29) is 11.3 Å². The van der Waals surface area contributed by atoms with Gasteiger partial charge in [0.1, 0.15) is 0 Å². The number of carbonyl (C=O) groups is 1. The Hall–Kier alpha value is -1.35. The maximum absolute atomic E-state index is 11.2. The van der Waals surface area contributed by atoms with Crippen molar-refractivity contribution in [1.29, 1.82) is 0 Å². The number of aryl methyl sites for hydroxylation is 1. The van der Waals surface area contributed by atoms with Crippen LogP contribution in [0, 0.1) is 6.92 Å². The number of piperidine rings is 1. The van der Waals surface area contributed by atoms with Gasteiger partial charge in [0, 0.05) is 18.9 Å². The van der Waals surface area contributed by atoms with Gasteiger partial charge in [-0.15, -0.1) is 0 Å². The van der Waals surface area contributed by atoms with Gasteiger partial charge in [0.25, 0.3) is 0 Å². The lowest BCUT2D eigenvalue weighted by molar-refractivity contribution is -0.119. The molecule has 2 N–H and O–H groups in total. The van der Waals surface area contributed by atoms with Gasteiger partial charge in [0.2, 0.25) is 5.91 Å². The smallest absolute Gasteiger partial charge is 0.216 e. The van der Waals surface area contributed by atoms with E-state index >= 15 is 0 Å². The van der Waals surface area contributed by atoms with Crippen LogP contribution in [0.3, 0.4) is 0 Å². The van der Waals surface area contributed by atoms with Gasteiger partial charge >= 0.3 is 0 Å². The minimum atomic E-state index is 0.0569. The zero-order valence-electron chi connectivity index (χ0n) is 11.3. The van der Waals surface area contributed by atoms with E-state index in [0.717, 1.165) is 32.5 Å². The normalized spacial score (nSPS) is 18.3. The molecule has 1 aliphatic heterocycles. The fourth-order valence-electron chi connectivity index (χ4n) is 2.91. The van der Waals surface area contributed by atoms with Crippen LogP contribution in [0.1, 0.15) is 30.9 Å². The quantitative estimate of drug-likeness (QED) is 0.853. The Morgan fingerprint density at radius 3 is 2.61 bits per heavy atom. The molecule has 1 aromatic carbocycles. The maximum atomic E-state index is 11.2. The molecule has 1 heterocycles. The molecule has 1 aliphatic rings. The van der Waals surface area contributed by atoms with Crippen molar-refractivity contribution in [2.45, 2.75) is 32.1 Å². The van der Waals surface area contributed by atoms with Crippen LogP contribution in [0.2, 0.25) is 0 Å². The van der Waals surface area contributed by atoms with Gasteiger partial charge in [0.05, 0.1) is 0 Å². The molecular formula is C15H22N2O. The van der Waals surface area contributed by atoms with Gasteiger partial charge < -0.3 is 10.6 Å². The van der Waals surface area contributed by atoms with Crippen LogP contribution in [0.4, 0.5) is 0 Å². The van der Waals surface area contributed by atoms with Crippen molar-refractivity contribution < 1.29 is 4.79 Å². The average molecular weight is 246 g/mol. The number of hydrogen-bond acceptors (Lipinski definition) is 2. The zero-order chi connectivity index (χ0) is 13.0. The van der Waals surface area contributed by atoms with Gasteiger partial charge in [0.15, 0.2) is 0 Å². The Kier molecular flexibility index (Phi) is 4.02. The van der Waals surface area contributed by atoms with Crippen molar-refractivity contribution in [3.05, 3.63) is 35.4 Å². The molecule has 0 radical (unpaired) electrons. The summed E-state index contributed by atoms with van der Waals surface area (Å²) >= 11 is 0. The first-order valence-corrected chi connectivity index (χ1v) is 6.65. The highest BCUT2D eigenvalue weighted by atomic mass is 16.1. The summed E-state index contributed by atoms with van der Waals surface area (Å²) in [5.74, 6) is 0.0569. The summed E-state index contributed by atoms with van der Waals surface area (Å²) in [6, 6.07) is 8.54. The predicted molar refractivity (Wildman–Crippen MR) is 73.6 cm³/mol. The van der Waals surface area contributed by atoms with Crippen molar-refractivity contribution in [3.63, 3.8) is 0 Å². The molecule has 3 heteroatoms. The number of hydrogen-bond donors (Lipinski definition) is 2. The zero-order valence-corrected chi connectivity index (χ0v) is 11.3. The SMILES string of the molecule is CC(=O)NCC1(c2ccccc2C)CCNCC1. The van der Waals surface area contributed by atoms with E-state index in [9.17, 15) is 4.79 Å². The minimum absolute atomic E-state index is 0.0569. The standard InChI is InChI=1S/C15H22N2O/c1-12-5-3-4-6-14(12)15(11-17-13(2)18)7-9-16-10-8-15/h3-6,16H,7-11H2,1-2H3,(H,17,18). The van der Waals surface area contributed by atoms with Gasteiger partial charge in [-0.3, -0.25) is 4.79 Å². The first kappa shape index (κ1) is 13.1. The second kappa shape index (κ2) is 5.53. The van der Waals surface area contributed by atoms with Gasteiger partial charge in [-0.2, -0.15) is 0 Å². The van der Waals surface area contributed by atoms with E-state index in [1.165, 1.54) is 11.1 Å². The summed E-state index contributed by atoms with van der Waals surface area (Å²) in [5, 5.41) is 6.42. The fourth-order valence-corrected chi connectivity index (χ4v) is 2.91. The molecule has 1 fully saturated rings. The van der Waals surface area contributed by atoms with Crippen LogP contribution in [-0.2, 0) is 10.2 Å². The average Bonchev–Trinajstić information content (AvgIpc) is 2.38. The van der Waals surface area contributed by atoms with E-state index in [2.05, 4.69) is 41.8 Å². The van der Waals surface area contributed by atoms with Gasteiger partial charge in [-0.05, 0) is 44.0 Å². The summed E-state index contributed by atoms with van der Waals surface area (Å²) in [4.78, 5) is 11.2. The van der Waals surface area contributed by atoms with Crippen LogP contribution in [0.5, 0.6) is 0 Å². The van der Waals surface area contributed by atoms with Crippen molar-refractivity contribution in [2.75, 3.05) is 19.6 Å². The highest BCUT2D eigenvalue weighted by Gasteiger charge is 2.34. The fraction of sp³-hybridized carbons (Fsp3) is 0.533. The van der Waals surface area contributed by atoms with Crippen molar-refractivity contribution >= 4 is 5.91 Å². The first-order valence-electron chi connectivity index (χ1n) is 6.65. The second-order valence-electron chi connectivity index (χ2n) is 5.25. The monoisotopic (exact) mass is 246 g/mol. The molecule has 18 heavy (non-hydrogen) atoms. The number of carbonyl (C=O) groups excluding carboxylic acids is 1. The Bertz CT molecular complexity index is 422. The molecule has 1 amide bonds. The lowest BCUT2D eigenvalue weighted by atomic mass is 9.71. The molecule has 0 atom stereocenters. The lowest BCUT2D eigenvalue weighted by Gasteiger charge is -2.39. The highest BCUT2D eigenvalue weighted by Crippen LogP contribution is 2.34. The second-order valence-corrected chi connectivity index (χ2v) is 5.25. The van der Waals surface area contributed by atoms with Crippen molar-refractivity contribution in [2.24, 2.45) is 0 Å². The number of nitrogens with one attached hydrogen (secondary N) is 2. The van der Waals surface area contributed by atoms with Gasteiger partial charge in [-0.1, -0.05) is 24.3 Å². The highest BCUT2D eigenvalue weighted by molar-refractivity contribution is 5.73. The number of rotatable bonds is 3. The van der Waals surface area contributed by atoms with E-state index in [0.29, 0.717) is 0 Å². The lowest BCUT2D eigenvalue weighted by Crippen LogP contribution is -2.47. The van der Waals surface area contributed by atoms with Crippen LogP contribution in [-0.4, -0.2) is 25.5 Å². The molecule has 0 spiro atoms. The summed E-state index contributed by atoms with van der Waals surface area (Å²) in [6.07, 6.45) is 2.16. The summed E-state index contributed by atoms with van der Waals surface area (Å²) in [6.45, 7) is 6.54. The predicted octanol–water partition coefficient (Wildman–Crippen LogP) is 1.75. The molecule has 0 aromatic heterocycles. The van der Waals surface area contributed by atoms with E-state index in [1.807, 2.05) is 0 Å². The minimum Gasteiger partial charge on any atom is -0.355 e. The summed E-state index contributed by atoms with van der Waals surface area (Å²) in [7, 11) is 0. The van der Waals surface area contributed by atoms with E-state index in [1.54, 1.807) is 6.92 Å². The molecule has 98 valence electrons. The molecule has 0 bridgehead atoms. The molecule has 3 nitrogen and oxygen atoms in total. The molecule has 2 rings (SSSR count). The van der Waals surface area contributed by atoms with Crippen LogP contribution in [0.25, 0.3) is 0 Å². The largest absolute Gasteiger partial charge is 0.355 e. The number of benzene rings is 1. The van der Waals surface area contributed by atoms with Crippen LogP contribution in [0.15, 0.2) is 24.3 Å². The summed E-state index contributed by atoms with van der Waals surface area (Å²) in [5.41, 5.74) is 2.81. The third-order valence-corrected chi connectivity index (χ3v) is 3.95. The van der Waals surface area contributed by atoms with Gasteiger partial charge in [-0.25, -0.2) is 0 Å². The third kappa shape index (κ3) is 2.72. The third-order valence-electron chi connectivity index (χ3n) is 3.95. The molecular weight excluding hydrogens is 224 g/mol. The molecule has 0 aliphatic carbocycles. The maximum Gasteiger partial charge on any atom is 0.216 e. The topological polar surface area (TPSA) is 41.1 Å². The van der Waals surface area contributed by atoms with E-state index in [4.69, 9.17) is 0 Å². The Labute approximate surface area is 109 Å². The van der Waals surface area contributed by atoms with Crippen molar-refractivity contribution in [3.8, 4) is 0 Å². The molecule has 0 unspecified atom stereocenters. The molecule has 1 aromatic rings. The Morgan fingerprint density at radius 2 is 2.00 bits per heavy atom. The Balaban J connectivity index is 2.29. The molecule has 1 saturated heterocycles. The summed E-state index contributed by atoms with van der Waals surface area (Å²) < 4.78 is 0. The van der Waals surface area contributed by atoms with Crippen LogP contribution >= 0.6 is 0 Å². The van der Waals surface area contributed by atoms with Crippen LogP contribution < -0.4 is 10.6 Å². The van der Waals surface area contributed by atoms with E-state index < -0.39 is 0 Å². The first-order chi connectivity index (χ1) is 8.64. The Morgan fingerprint density at radius 1 is 1.33 bits per heavy atom. The van der Waals surface area contributed by atoms with Crippen molar-refractivity contribution in [1.82, 2.24) is 10.6 Å².